The van der Waals surface area contributed by atoms with Crippen LogP contribution in [0.5, 0.6) is 0 Å². The van der Waals surface area contributed by atoms with Crippen LogP contribution in [0.1, 0.15) is 78.4 Å². The fraction of sp³-hybridized carbons (Fsp3) is 0.600. The minimum atomic E-state index is -0.0845. The lowest BCUT2D eigenvalue weighted by Gasteiger charge is -2.33. The molecule has 1 heteroatoms. The standard InChI is InChI=1S/C20H32O/c1-16(2)18-13-10-12-17(15-18)11-8-9-14-20(6,7)21-19(3,4)5/h8,10-13,15-16H,9,14H2,1-7H3/b11-8+. The molecular formula is C20H32O. The van der Waals surface area contributed by atoms with E-state index in [0.717, 1.165) is 12.8 Å². The van der Waals surface area contributed by atoms with E-state index >= 15 is 0 Å². The topological polar surface area (TPSA) is 9.23 Å². The van der Waals surface area contributed by atoms with E-state index in [1.165, 1.54) is 11.1 Å². The second-order valence-electron chi connectivity index (χ2n) is 7.74. The van der Waals surface area contributed by atoms with Crippen molar-refractivity contribution in [2.45, 2.75) is 78.4 Å². The van der Waals surface area contributed by atoms with Gasteiger partial charge >= 0.3 is 0 Å². The summed E-state index contributed by atoms with van der Waals surface area (Å²) in [6, 6.07) is 8.78. The van der Waals surface area contributed by atoms with Gasteiger partial charge in [0.15, 0.2) is 0 Å². The van der Waals surface area contributed by atoms with Crippen molar-refractivity contribution in [1.29, 1.82) is 0 Å². The Morgan fingerprint density at radius 3 is 2.33 bits per heavy atom. The van der Waals surface area contributed by atoms with Crippen molar-refractivity contribution in [2.24, 2.45) is 0 Å². The summed E-state index contributed by atoms with van der Waals surface area (Å²) in [5, 5.41) is 0. The fourth-order valence-electron chi connectivity index (χ4n) is 2.55. The van der Waals surface area contributed by atoms with Gasteiger partial charge in [0.05, 0.1) is 11.2 Å². The Balaban J connectivity index is 2.53. The molecule has 1 nitrogen and oxygen atoms in total. The number of hydrogen-bond acceptors (Lipinski definition) is 1. The molecule has 1 rings (SSSR count). The van der Waals surface area contributed by atoms with Crippen molar-refractivity contribution >= 4 is 6.08 Å². The van der Waals surface area contributed by atoms with Gasteiger partial charge in [-0.1, -0.05) is 50.3 Å². The predicted octanol–water partition coefficient (Wildman–Crippen LogP) is 6.20. The minimum absolute atomic E-state index is 0.0810. The molecule has 0 bridgehead atoms. The van der Waals surface area contributed by atoms with Gasteiger partial charge in [-0.3, -0.25) is 0 Å². The molecule has 1 aromatic rings. The number of ether oxygens (including phenoxy) is 1. The zero-order valence-electron chi connectivity index (χ0n) is 14.9. The van der Waals surface area contributed by atoms with Gasteiger partial charge in [-0.15, -0.1) is 0 Å². The van der Waals surface area contributed by atoms with Crippen LogP contribution in [0.2, 0.25) is 0 Å². The molecule has 21 heavy (non-hydrogen) atoms. The summed E-state index contributed by atoms with van der Waals surface area (Å²) in [6.45, 7) is 15.1. The van der Waals surface area contributed by atoms with Crippen LogP contribution in [0.3, 0.4) is 0 Å². The highest BCUT2D eigenvalue weighted by Gasteiger charge is 2.24. The van der Waals surface area contributed by atoms with Gasteiger partial charge < -0.3 is 4.74 Å². The minimum Gasteiger partial charge on any atom is -0.370 e. The average Bonchev–Trinajstić information content (AvgIpc) is 2.32. The van der Waals surface area contributed by atoms with Crippen molar-refractivity contribution in [3.8, 4) is 0 Å². The van der Waals surface area contributed by atoms with Crippen LogP contribution in [0, 0.1) is 0 Å². The summed E-state index contributed by atoms with van der Waals surface area (Å²) in [5.74, 6) is 0.581. The van der Waals surface area contributed by atoms with Crippen molar-refractivity contribution < 1.29 is 4.74 Å². The molecule has 0 fully saturated rings. The Labute approximate surface area is 131 Å². The smallest absolute Gasteiger partial charge is 0.0636 e. The lowest BCUT2D eigenvalue weighted by atomic mass is 9.99. The zero-order valence-corrected chi connectivity index (χ0v) is 14.9. The molecule has 0 saturated heterocycles. The summed E-state index contributed by atoms with van der Waals surface area (Å²) >= 11 is 0. The van der Waals surface area contributed by atoms with Crippen molar-refractivity contribution in [2.75, 3.05) is 0 Å². The number of allylic oxidation sites excluding steroid dienone is 1. The monoisotopic (exact) mass is 288 g/mol. The Morgan fingerprint density at radius 1 is 1.10 bits per heavy atom. The maximum Gasteiger partial charge on any atom is 0.0636 e. The Hall–Kier alpha value is -1.08. The Morgan fingerprint density at radius 2 is 1.76 bits per heavy atom. The maximum atomic E-state index is 6.09. The Kier molecular flexibility index (Phi) is 6.22. The summed E-state index contributed by atoms with van der Waals surface area (Å²) < 4.78 is 6.09. The average molecular weight is 288 g/mol. The molecule has 0 saturated carbocycles. The Bertz CT molecular complexity index is 461. The van der Waals surface area contributed by atoms with E-state index in [-0.39, 0.29) is 11.2 Å². The van der Waals surface area contributed by atoms with E-state index < -0.39 is 0 Å². The zero-order chi connectivity index (χ0) is 16.1. The third kappa shape index (κ3) is 7.47. The summed E-state index contributed by atoms with van der Waals surface area (Å²) in [6.07, 6.45) is 6.55. The molecule has 0 spiro atoms. The van der Waals surface area contributed by atoms with Crippen LogP contribution in [0.4, 0.5) is 0 Å². The first kappa shape index (κ1) is 18.0. The summed E-state index contributed by atoms with van der Waals surface area (Å²) in [7, 11) is 0. The van der Waals surface area contributed by atoms with E-state index in [1.54, 1.807) is 0 Å². The molecule has 0 aliphatic heterocycles. The molecule has 0 aromatic heterocycles. The molecule has 0 amide bonds. The summed E-state index contributed by atoms with van der Waals surface area (Å²) in [4.78, 5) is 0. The molecule has 0 aliphatic rings. The van der Waals surface area contributed by atoms with Gasteiger partial charge in [0.2, 0.25) is 0 Å². The molecular weight excluding hydrogens is 256 g/mol. The first-order valence-electron chi connectivity index (χ1n) is 8.06. The highest BCUT2D eigenvalue weighted by molar-refractivity contribution is 5.50. The molecule has 0 aliphatic carbocycles. The van der Waals surface area contributed by atoms with Crippen LogP contribution >= 0.6 is 0 Å². The normalized spacial score (nSPS) is 13.3. The molecule has 0 heterocycles. The van der Waals surface area contributed by atoms with Crippen molar-refractivity contribution in [3.05, 3.63) is 41.5 Å². The SMILES string of the molecule is CC(C)c1cccc(/C=C/CCC(C)(C)OC(C)(C)C)c1. The highest BCUT2D eigenvalue weighted by atomic mass is 16.5. The first-order chi connectivity index (χ1) is 9.59. The molecule has 0 N–H and O–H groups in total. The van der Waals surface area contributed by atoms with E-state index in [2.05, 4.69) is 84.9 Å². The van der Waals surface area contributed by atoms with Gasteiger partial charge in [-0.05, 0) is 64.5 Å². The van der Waals surface area contributed by atoms with Crippen LogP contribution in [0.25, 0.3) is 6.08 Å². The fourth-order valence-corrected chi connectivity index (χ4v) is 2.55. The second kappa shape index (κ2) is 7.26. The third-order valence-electron chi connectivity index (χ3n) is 3.38. The highest BCUT2D eigenvalue weighted by Crippen LogP contribution is 2.24. The van der Waals surface area contributed by atoms with Gasteiger partial charge in [-0.2, -0.15) is 0 Å². The van der Waals surface area contributed by atoms with Crippen LogP contribution in [-0.4, -0.2) is 11.2 Å². The maximum absolute atomic E-state index is 6.09. The van der Waals surface area contributed by atoms with E-state index in [9.17, 15) is 0 Å². The molecule has 1 aromatic carbocycles. The van der Waals surface area contributed by atoms with E-state index in [0.29, 0.717) is 5.92 Å². The van der Waals surface area contributed by atoms with Gasteiger partial charge in [0.1, 0.15) is 0 Å². The van der Waals surface area contributed by atoms with Crippen LogP contribution in [0.15, 0.2) is 30.3 Å². The predicted molar refractivity (Wildman–Crippen MR) is 93.7 cm³/mol. The van der Waals surface area contributed by atoms with Crippen molar-refractivity contribution in [1.82, 2.24) is 0 Å². The number of hydrogen-bond donors (Lipinski definition) is 0. The number of rotatable bonds is 6. The lowest BCUT2D eigenvalue weighted by molar-refractivity contribution is -0.115. The largest absolute Gasteiger partial charge is 0.370 e. The second-order valence-corrected chi connectivity index (χ2v) is 7.74. The van der Waals surface area contributed by atoms with Crippen LogP contribution < -0.4 is 0 Å². The van der Waals surface area contributed by atoms with Gasteiger partial charge in [0, 0.05) is 0 Å². The van der Waals surface area contributed by atoms with Crippen molar-refractivity contribution in [3.63, 3.8) is 0 Å². The molecule has 0 radical (unpaired) electrons. The number of benzene rings is 1. The summed E-state index contributed by atoms with van der Waals surface area (Å²) in [5.41, 5.74) is 2.52. The molecule has 118 valence electrons. The first-order valence-corrected chi connectivity index (χ1v) is 8.06. The quantitative estimate of drug-likeness (QED) is 0.605. The molecule has 0 atom stereocenters. The van der Waals surface area contributed by atoms with Crippen LogP contribution in [-0.2, 0) is 4.74 Å². The third-order valence-corrected chi connectivity index (χ3v) is 3.38. The molecule has 0 unspecified atom stereocenters. The van der Waals surface area contributed by atoms with E-state index in [4.69, 9.17) is 4.74 Å². The van der Waals surface area contributed by atoms with Gasteiger partial charge in [0.25, 0.3) is 0 Å². The lowest BCUT2D eigenvalue weighted by Crippen LogP contribution is -2.34. The van der Waals surface area contributed by atoms with E-state index in [1.807, 2.05) is 0 Å². The van der Waals surface area contributed by atoms with Gasteiger partial charge in [-0.25, -0.2) is 0 Å².